The molecule has 1 N–H and O–H groups in total. The average molecular weight is 253 g/mol. The van der Waals surface area contributed by atoms with Gasteiger partial charge in [0.25, 0.3) is 0 Å². The number of carbonyl (C=O) groups is 1. The molecule has 0 aromatic rings. The van der Waals surface area contributed by atoms with Crippen molar-refractivity contribution >= 4 is 5.97 Å². The molecule has 1 saturated carbocycles. The van der Waals surface area contributed by atoms with Crippen molar-refractivity contribution in [3.8, 4) is 0 Å². The van der Waals surface area contributed by atoms with Crippen LogP contribution in [0, 0.1) is 0 Å². The summed E-state index contributed by atoms with van der Waals surface area (Å²) in [5.41, 5.74) is -0.607. The molecule has 0 spiro atoms. The first-order valence-electron chi connectivity index (χ1n) is 7.03. The van der Waals surface area contributed by atoms with Gasteiger partial charge in [-0.15, -0.1) is 0 Å². The summed E-state index contributed by atoms with van der Waals surface area (Å²) in [6.07, 6.45) is 3.32. The van der Waals surface area contributed by atoms with E-state index < -0.39 is 11.5 Å². The molecule has 0 aromatic carbocycles. The standard InChI is InChI=1S/C13H23N3O2/c1-14-6-8-16(9-7-14)13(12(17)18)4-5-15(10-13)11-2-3-11/h11H,2-10H2,1H3,(H,17,18). The first kappa shape index (κ1) is 12.4. The Bertz CT molecular complexity index is 337. The van der Waals surface area contributed by atoms with E-state index in [2.05, 4.69) is 21.7 Å². The Hall–Kier alpha value is -0.650. The fourth-order valence-electron chi connectivity index (χ4n) is 3.38. The van der Waals surface area contributed by atoms with E-state index in [-0.39, 0.29) is 0 Å². The van der Waals surface area contributed by atoms with E-state index in [0.717, 1.165) is 45.7 Å². The average Bonchev–Trinajstić information content (AvgIpc) is 3.10. The second-order valence-electron chi connectivity index (χ2n) is 6.08. The molecule has 1 aliphatic carbocycles. The minimum Gasteiger partial charge on any atom is -0.480 e. The monoisotopic (exact) mass is 253 g/mol. The summed E-state index contributed by atoms with van der Waals surface area (Å²) in [7, 11) is 2.11. The summed E-state index contributed by atoms with van der Waals surface area (Å²) in [6.45, 7) is 5.44. The third-order valence-corrected chi connectivity index (χ3v) is 4.85. The summed E-state index contributed by atoms with van der Waals surface area (Å²) in [5.74, 6) is -0.616. The van der Waals surface area contributed by atoms with Gasteiger partial charge in [-0.1, -0.05) is 0 Å². The number of hydrogen-bond donors (Lipinski definition) is 1. The van der Waals surface area contributed by atoms with Gasteiger partial charge in [-0.05, 0) is 26.3 Å². The lowest BCUT2D eigenvalue weighted by Crippen LogP contribution is -2.61. The maximum Gasteiger partial charge on any atom is 0.325 e. The van der Waals surface area contributed by atoms with Crippen molar-refractivity contribution in [2.45, 2.75) is 30.8 Å². The van der Waals surface area contributed by atoms with Crippen molar-refractivity contribution in [3.63, 3.8) is 0 Å². The van der Waals surface area contributed by atoms with Crippen LogP contribution in [0.4, 0.5) is 0 Å². The molecule has 102 valence electrons. The molecule has 2 saturated heterocycles. The van der Waals surface area contributed by atoms with Crippen LogP contribution in [0.2, 0.25) is 0 Å². The minimum atomic E-state index is -0.616. The van der Waals surface area contributed by atoms with Gasteiger partial charge in [0.1, 0.15) is 5.54 Å². The smallest absolute Gasteiger partial charge is 0.325 e. The van der Waals surface area contributed by atoms with Gasteiger partial charge >= 0.3 is 5.97 Å². The molecule has 0 aromatic heterocycles. The molecule has 5 nitrogen and oxygen atoms in total. The van der Waals surface area contributed by atoms with Crippen LogP contribution in [0.15, 0.2) is 0 Å². The molecule has 3 fully saturated rings. The van der Waals surface area contributed by atoms with Crippen LogP contribution >= 0.6 is 0 Å². The molecule has 18 heavy (non-hydrogen) atoms. The Morgan fingerprint density at radius 3 is 2.39 bits per heavy atom. The van der Waals surface area contributed by atoms with E-state index in [1.165, 1.54) is 12.8 Å². The zero-order valence-corrected chi connectivity index (χ0v) is 11.1. The SMILES string of the molecule is CN1CCN(C2(C(=O)O)CCN(C3CC3)C2)CC1. The van der Waals surface area contributed by atoms with Crippen LogP contribution in [-0.2, 0) is 4.79 Å². The molecular formula is C13H23N3O2. The first-order chi connectivity index (χ1) is 8.62. The summed E-state index contributed by atoms with van der Waals surface area (Å²) >= 11 is 0. The first-order valence-corrected chi connectivity index (χ1v) is 7.03. The zero-order chi connectivity index (χ0) is 12.8. The van der Waals surface area contributed by atoms with Crippen LogP contribution in [0.3, 0.4) is 0 Å². The predicted octanol–water partition coefficient (Wildman–Crippen LogP) is -0.0747. The van der Waals surface area contributed by atoms with Gasteiger partial charge in [0.2, 0.25) is 0 Å². The summed E-state index contributed by atoms with van der Waals surface area (Å²) < 4.78 is 0. The Morgan fingerprint density at radius 1 is 1.17 bits per heavy atom. The highest BCUT2D eigenvalue weighted by molar-refractivity contribution is 5.79. The third-order valence-electron chi connectivity index (χ3n) is 4.85. The lowest BCUT2D eigenvalue weighted by Gasteiger charge is -2.42. The topological polar surface area (TPSA) is 47.0 Å². The number of likely N-dealkylation sites (tertiary alicyclic amines) is 1. The number of nitrogens with zero attached hydrogens (tertiary/aromatic N) is 3. The summed E-state index contributed by atoms with van der Waals surface area (Å²) in [5, 5.41) is 9.72. The van der Waals surface area contributed by atoms with Crippen molar-refractivity contribution in [2.24, 2.45) is 0 Å². The van der Waals surface area contributed by atoms with Crippen LogP contribution in [0.25, 0.3) is 0 Å². The van der Waals surface area contributed by atoms with E-state index >= 15 is 0 Å². The van der Waals surface area contributed by atoms with Crippen molar-refractivity contribution in [3.05, 3.63) is 0 Å². The third kappa shape index (κ3) is 2.04. The Kier molecular flexibility index (Phi) is 3.08. The van der Waals surface area contributed by atoms with Gasteiger partial charge in [0.05, 0.1) is 0 Å². The van der Waals surface area contributed by atoms with Crippen molar-refractivity contribution < 1.29 is 9.90 Å². The molecular weight excluding hydrogens is 230 g/mol. The highest BCUT2D eigenvalue weighted by atomic mass is 16.4. The fourth-order valence-corrected chi connectivity index (χ4v) is 3.38. The molecule has 2 heterocycles. The lowest BCUT2D eigenvalue weighted by atomic mass is 9.95. The van der Waals surface area contributed by atoms with E-state index in [1.54, 1.807) is 0 Å². The number of carboxylic acid groups (broad SMARTS) is 1. The van der Waals surface area contributed by atoms with Crippen molar-refractivity contribution in [1.29, 1.82) is 0 Å². The molecule has 3 rings (SSSR count). The van der Waals surface area contributed by atoms with Crippen LogP contribution < -0.4 is 0 Å². The number of likely N-dealkylation sites (N-methyl/N-ethyl adjacent to an activating group) is 1. The molecule has 0 radical (unpaired) electrons. The van der Waals surface area contributed by atoms with E-state index in [0.29, 0.717) is 6.04 Å². The summed E-state index contributed by atoms with van der Waals surface area (Å²) in [6, 6.07) is 0.679. The number of rotatable bonds is 3. The number of piperazine rings is 1. The van der Waals surface area contributed by atoms with Crippen LogP contribution in [0.1, 0.15) is 19.3 Å². The van der Waals surface area contributed by atoms with Gasteiger partial charge in [0.15, 0.2) is 0 Å². The highest BCUT2D eigenvalue weighted by Crippen LogP contribution is 2.36. The Balaban J connectivity index is 1.73. The molecule has 5 heteroatoms. The maximum atomic E-state index is 11.8. The molecule has 0 bridgehead atoms. The Morgan fingerprint density at radius 2 is 1.83 bits per heavy atom. The van der Waals surface area contributed by atoms with Crippen molar-refractivity contribution in [1.82, 2.24) is 14.7 Å². The van der Waals surface area contributed by atoms with E-state index in [1.807, 2.05) is 0 Å². The van der Waals surface area contributed by atoms with Gasteiger partial charge in [-0.25, -0.2) is 0 Å². The van der Waals surface area contributed by atoms with Gasteiger partial charge < -0.3 is 10.0 Å². The highest BCUT2D eigenvalue weighted by Gasteiger charge is 2.52. The second-order valence-corrected chi connectivity index (χ2v) is 6.08. The molecule has 0 amide bonds. The maximum absolute atomic E-state index is 11.8. The minimum absolute atomic E-state index is 0.607. The molecule has 1 unspecified atom stereocenters. The lowest BCUT2D eigenvalue weighted by molar-refractivity contribution is -0.152. The summed E-state index contributed by atoms with van der Waals surface area (Å²) in [4.78, 5) is 18.7. The van der Waals surface area contributed by atoms with E-state index in [9.17, 15) is 9.90 Å². The van der Waals surface area contributed by atoms with Crippen molar-refractivity contribution in [2.75, 3.05) is 46.3 Å². The number of hydrogen-bond acceptors (Lipinski definition) is 4. The molecule has 1 atom stereocenters. The number of carboxylic acids is 1. The van der Waals surface area contributed by atoms with E-state index in [4.69, 9.17) is 0 Å². The quantitative estimate of drug-likeness (QED) is 0.762. The Labute approximate surface area is 108 Å². The zero-order valence-electron chi connectivity index (χ0n) is 11.1. The van der Waals surface area contributed by atoms with Gasteiger partial charge in [-0.2, -0.15) is 0 Å². The number of aliphatic carboxylic acids is 1. The predicted molar refractivity (Wildman–Crippen MR) is 68.6 cm³/mol. The fraction of sp³-hybridized carbons (Fsp3) is 0.923. The van der Waals surface area contributed by atoms with Gasteiger partial charge in [-0.3, -0.25) is 14.6 Å². The van der Waals surface area contributed by atoms with Gasteiger partial charge in [0, 0.05) is 45.3 Å². The second kappa shape index (κ2) is 4.47. The van der Waals surface area contributed by atoms with Crippen LogP contribution in [-0.4, -0.2) is 83.7 Å². The largest absolute Gasteiger partial charge is 0.480 e. The molecule has 2 aliphatic heterocycles. The normalized spacial score (nSPS) is 36.1. The molecule has 3 aliphatic rings. The van der Waals surface area contributed by atoms with Crippen LogP contribution in [0.5, 0.6) is 0 Å².